The molecule has 102 valence electrons. The Bertz CT molecular complexity index is 337. The average Bonchev–Trinajstić information content (AvgIpc) is 2.70. The first-order chi connectivity index (χ1) is 8.65. The van der Waals surface area contributed by atoms with Crippen LogP contribution >= 0.6 is 11.3 Å². The highest BCUT2D eigenvalue weighted by molar-refractivity contribution is 7.09. The first-order valence-corrected chi connectivity index (χ1v) is 7.98. The first-order valence-electron chi connectivity index (χ1n) is 7.10. The standard InChI is InChI=1S/C15H26N2S/c1-17(2)15(9-5-3-4-6-10-15)14(16)12-13-8-7-11-18-13/h7-8,11,14H,3-6,9-10,12,16H2,1-2H3. The zero-order valence-electron chi connectivity index (χ0n) is 11.7. The van der Waals surface area contributed by atoms with Gasteiger partial charge in [0.25, 0.3) is 0 Å². The summed E-state index contributed by atoms with van der Waals surface area (Å²) in [6.45, 7) is 0. The molecule has 18 heavy (non-hydrogen) atoms. The molecule has 1 unspecified atom stereocenters. The maximum absolute atomic E-state index is 6.61. The quantitative estimate of drug-likeness (QED) is 0.848. The van der Waals surface area contributed by atoms with E-state index in [2.05, 4.69) is 36.5 Å². The lowest BCUT2D eigenvalue weighted by molar-refractivity contribution is 0.0971. The summed E-state index contributed by atoms with van der Waals surface area (Å²) in [5.41, 5.74) is 6.82. The van der Waals surface area contributed by atoms with Gasteiger partial charge in [-0.1, -0.05) is 31.7 Å². The number of rotatable bonds is 4. The molecule has 1 aromatic rings. The Morgan fingerprint density at radius 1 is 1.28 bits per heavy atom. The predicted octanol–water partition coefficient (Wildman–Crippen LogP) is 3.27. The van der Waals surface area contributed by atoms with Crippen molar-refractivity contribution in [2.45, 2.75) is 56.5 Å². The monoisotopic (exact) mass is 266 g/mol. The van der Waals surface area contributed by atoms with Gasteiger partial charge in [-0.25, -0.2) is 0 Å². The molecule has 0 bridgehead atoms. The fourth-order valence-electron chi connectivity index (χ4n) is 3.33. The summed E-state index contributed by atoms with van der Waals surface area (Å²) < 4.78 is 0. The maximum atomic E-state index is 6.61. The third-order valence-corrected chi connectivity index (χ3v) is 5.45. The fraction of sp³-hybridized carbons (Fsp3) is 0.733. The number of likely N-dealkylation sites (N-methyl/N-ethyl adjacent to an activating group) is 1. The van der Waals surface area contributed by atoms with Crippen LogP contribution in [0.2, 0.25) is 0 Å². The van der Waals surface area contributed by atoms with Gasteiger partial charge in [-0.2, -0.15) is 0 Å². The summed E-state index contributed by atoms with van der Waals surface area (Å²) in [5, 5.41) is 2.15. The summed E-state index contributed by atoms with van der Waals surface area (Å²) >= 11 is 1.83. The van der Waals surface area contributed by atoms with Crippen LogP contribution in [0.1, 0.15) is 43.4 Å². The largest absolute Gasteiger partial charge is 0.326 e. The van der Waals surface area contributed by atoms with Crippen molar-refractivity contribution in [3.63, 3.8) is 0 Å². The zero-order valence-corrected chi connectivity index (χ0v) is 12.5. The second-order valence-corrected chi connectivity index (χ2v) is 6.83. The third kappa shape index (κ3) is 2.95. The van der Waals surface area contributed by atoms with Crippen LogP contribution in [0.15, 0.2) is 17.5 Å². The van der Waals surface area contributed by atoms with Gasteiger partial charge in [-0.3, -0.25) is 0 Å². The fourth-order valence-corrected chi connectivity index (χ4v) is 4.09. The molecule has 1 fully saturated rings. The number of hydrogen-bond donors (Lipinski definition) is 1. The molecule has 1 aliphatic rings. The Morgan fingerprint density at radius 3 is 2.44 bits per heavy atom. The van der Waals surface area contributed by atoms with Crippen molar-refractivity contribution in [3.05, 3.63) is 22.4 Å². The Balaban J connectivity index is 2.12. The van der Waals surface area contributed by atoms with Crippen molar-refractivity contribution >= 4 is 11.3 Å². The number of nitrogens with two attached hydrogens (primary N) is 1. The molecule has 3 heteroatoms. The van der Waals surface area contributed by atoms with Crippen LogP contribution in [-0.2, 0) is 6.42 Å². The van der Waals surface area contributed by atoms with E-state index in [4.69, 9.17) is 5.73 Å². The Kier molecular flexibility index (Phi) is 4.82. The van der Waals surface area contributed by atoms with Gasteiger partial charge in [-0.05, 0) is 44.8 Å². The highest BCUT2D eigenvalue weighted by Crippen LogP contribution is 2.34. The molecule has 2 N–H and O–H groups in total. The molecular formula is C15H26N2S. The summed E-state index contributed by atoms with van der Waals surface area (Å²) in [7, 11) is 4.42. The second-order valence-electron chi connectivity index (χ2n) is 5.80. The van der Waals surface area contributed by atoms with E-state index in [1.54, 1.807) is 0 Å². The van der Waals surface area contributed by atoms with Crippen molar-refractivity contribution in [1.82, 2.24) is 4.90 Å². The minimum Gasteiger partial charge on any atom is -0.326 e. The maximum Gasteiger partial charge on any atom is 0.0357 e. The number of thiophene rings is 1. The van der Waals surface area contributed by atoms with Crippen LogP contribution in [0.3, 0.4) is 0 Å². The van der Waals surface area contributed by atoms with Crippen LogP contribution in [0, 0.1) is 0 Å². The number of nitrogens with zero attached hydrogens (tertiary/aromatic N) is 1. The topological polar surface area (TPSA) is 29.3 Å². The third-order valence-electron chi connectivity index (χ3n) is 4.55. The highest BCUT2D eigenvalue weighted by atomic mass is 32.1. The van der Waals surface area contributed by atoms with Crippen molar-refractivity contribution in [2.24, 2.45) is 5.73 Å². The normalized spacial score (nSPS) is 21.8. The summed E-state index contributed by atoms with van der Waals surface area (Å²) in [5.74, 6) is 0. The SMILES string of the molecule is CN(C)C1(C(N)Cc2cccs2)CCCCCC1. The van der Waals surface area contributed by atoms with Gasteiger partial charge < -0.3 is 10.6 Å². The molecular weight excluding hydrogens is 240 g/mol. The van der Waals surface area contributed by atoms with E-state index < -0.39 is 0 Å². The van der Waals surface area contributed by atoms with Crippen molar-refractivity contribution in [2.75, 3.05) is 14.1 Å². The van der Waals surface area contributed by atoms with Crippen molar-refractivity contribution in [3.8, 4) is 0 Å². The van der Waals surface area contributed by atoms with E-state index in [0.717, 1.165) is 6.42 Å². The molecule has 1 heterocycles. The molecule has 0 aliphatic heterocycles. The molecule has 0 amide bonds. The Labute approximate surface area is 115 Å². The summed E-state index contributed by atoms with van der Waals surface area (Å²) in [6.07, 6.45) is 8.95. The molecule has 0 aromatic carbocycles. The van der Waals surface area contributed by atoms with E-state index in [1.165, 1.54) is 43.4 Å². The van der Waals surface area contributed by atoms with E-state index in [0.29, 0.717) is 0 Å². The van der Waals surface area contributed by atoms with Gasteiger partial charge in [0.05, 0.1) is 0 Å². The molecule has 0 saturated heterocycles. The highest BCUT2D eigenvalue weighted by Gasteiger charge is 2.38. The van der Waals surface area contributed by atoms with Crippen LogP contribution in [0.25, 0.3) is 0 Å². The van der Waals surface area contributed by atoms with Gasteiger partial charge in [0.2, 0.25) is 0 Å². The van der Waals surface area contributed by atoms with E-state index in [1.807, 2.05) is 11.3 Å². The lowest BCUT2D eigenvalue weighted by atomic mass is 9.80. The molecule has 1 atom stereocenters. The minimum absolute atomic E-state index is 0.209. The second kappa shape index (κ2) is 6.18. The Morgan fingerprint density at radius 2 is 1.94 bits per heavy atom. The smallest absolute Gasteiger partial charge is 0.0357 e. The van der Waals surface area contributed by atoms with Gasteiger partial charge in [0.1, 0.15) is 0 Å². The van der Waals surface area contributed by atoms with Gasteiger partial charge in [0, 0.05) is 16.5 Å². The first kappa shape index (κ1) is 14.0. The Hall–Kier alpha value is -0.380. The van der Waals surface area contributed by atoms with E-state index in [9.17, 15) is 0 Å². The van der Waals surface area contributed by atoms with Crippen LogP contribution < -0.4 is 5.73 Å². The molecule has 2 rings (SSSR count). The van der Waals surface area contributed by atoms with Crippen LogP contribution in [-0.4, -0.2) is 30.6 Å². The van der Waals surface area contributed by atoms with Gasteiger partial charge in [0.15, 0.2) is 0 Å². The zero-order chi connectivity index (χ0) is 13.0. The van der Waals surface area contributed by atoms with Crippen molar-refractivity contribution < 1.29 is 0 Å². The molecule has 2 nitrogen and oxygen atoms in total. The lowest BCUT2D eigenvalue weighted by Crippen LogP contribution is -2.58. The molecule has 1 saturated carbocycles. The number of hydrogen-bond acceptors (Lipinski definition) is 3. The van der Waals surface area contributed by atoms with Gasteiger partial charge >= 0.3 is 0 Å². The molecule has 0 spiro atoms. The average molecular weight is 266 g/mol. The molecule has 1 aromatic heterocycles. The van der Waals surface area contributed by atoms with E-state index >= 15 is 0 Å². The van der Waals surface area contributed by atoms with Gasteiger partial charge in [-0.15, -0.1) is 11.3 Å². The summed E-state index contributed by atoms with van der Waals surface area (Å²) in [4.78, 5) is 3.82. The van der Waals surface area contributed by atoms with E-state index in [-0.39, 0.29) is 11.6 Å². The van der Waals surface area contributed by atoms with Crippen LogP contribution in [0.4, 0.5) is 0 Å². The minimum atomic E-state index is 0.209. The lowest BCUT2D eigenvalue weighted by Gasteiger charge is -2.44. The predicted molar refractivity (Wildman–Crippen MR) is 80.1 cm³/mol. The van der Waals surface area contributed by atoms with Crippen molar-refractivity contribution in [1.29, 1.82) is 0 Å². The molecule has 1 aliphatic carbocycles. The van der Waals surface area contributed by atoms with Crippen LogP contribution in [0.5, 0.6) is 0 Å². The summed E-state index contributed by atoms with van der Waals surface area (Å²) in [6, 6.07) is 4.59. The molecule has 0 radical (unpaired) electrons.